The van der Waals surface area contributed by atoms with Crippen molar-refractivity contribution in [3.05, 3.63) is 90.0 Å². The van der Waals surface area contributed by atoms with Gasteiger partial charge in [0.2, 0.25) is 0 Å². The molecule has 0 fully saturated rings. The molecule has 0 saturated carbocycles. The normalized spacial score (nSPS) is 11.1. The summed E-state index contributed by atoms with van der Waals surface area (Å²) >= 11 is 0. The number of aromatic hydroxyl groups is 1. The predicted octanol–water partition coefficient (Wildman–Crippen LogP) is 5.04. The minimum atomic E-state index is -0.433. The van der Waals surface area contributed by atoms with E-state index in [1.165, 1.54) is 7.11 Å². The Labute approximate surface area is 174 Å². The second-order valence-corrected chi connectivity index (χ2v) is 7.08. The molecule has 0 aliphatic carbocycles. The lowest BCUT2D eigenvalue weighted by Gasteiger charge is -2.10. The van der Waals surface area contributed by atoms with Gasteiger partial charge in [-0.3, -0.25) is 0 Å². The average molecular weight is 401 g/mol. The van der Waals surface area contributed by atoms with Crippen molar-refractivity contribution in [2.75, 3.05) is 13.7 Å². The summed E-state index contributed by atoms with van der Waals surface area (Å²) in [5.41, 5.74) is 4.09. The van der Waals surface area contributed by atoms with Gasteiger partial charge >= 0.3 is 5.97 Å². The zero-order valence-corrected chi connectivity index (χ0v) is 16.8. The van der Waals surface area contributed by atoms with Crippen LogP contribution in [0.1, 0.15) is 21.5 Å². The smallest absolute Gasteiger partial charge is 0.338 e. The molecular weight excluding hydrogens is 378 g/mol. The van der Waals surface area contributed by atoms with E-state index in [1.54, 1.807) is 18.2 Å². The molecule has 1 aromatic heterocycles. The van der Waals surface area contributed by atoms with Gasteiger partial charge in [0.15, 0.2) is 0 Å². The maximum atomic E-state index is 12.4. The second-order valence-electron chi connectivity index (χ2n) is 7.08. The Morgan fingerprint density at radius 2 is 1.83 bits per heavy atom. The Hall–Kier alpha value is -3.57. The summed E-state index contributed by atoms with van der Waals surface area (Å²) in [7, 11) is 1.36. The third-order valence-corrected chi connectivity index (χ3v) is 5.12. The number of hydrogen-bond donors (Lipinski definition) is 1. The van der Waals surface area contributed by atoms with Crippen LogP contribution in [-0.2, 0) is 22.6 Å². The summed E-state index contributed by atoms with van der Waals surface area (Å²) in [5, 5.41) is 12.2. The molecular formula is C25H23NO4. The van der Waals surface area contributed by atoms with Crippen LogP contribution in [0.15, 0.2) is 73.3 Å². The Morgan fingerprint density at radius 3 is 2.57 bits per heavy atom. The van der Waals surface area contributed by atoms with E-state index >= 15 is 0 Å². The Bertz CT molecular complexity index is 1220. The van der Waals surface area contributed by atoms with Crippen LogP contribution < -0.4 is 0 Å². The number of carbonyl (C=O) groups excluding carboxylic acids is 1. The summed E-state index contributed by atoms with van der Waals surface area (Å²) in [6.45, 7) is 5.04. The number of nitrogens with zero attached hydrogens (tertiary/aromatic N) is 1. The molecule has 1 heterocycles. The Morgan fingerprint density at radius 1 is 1.03 bits per heavy atom. The molecule has 4 rings (SSSR count). The van der Waals surface area contributed by atoms with Gasteiger partial charge in [-0.25, -0.2) is 4.79 Å². The van der Waals surface area contributed by atoms with Crippen molar-refractivity contribution in [1.82, 2.24) is 4.57 Å². The topological polar surface area (TPSA) is 60.7 Å². The van der Waals surface area contributed by atoms with Crippen LogP contribution in [0.4, 0.5) is 0 Å². The van der Waals surface area contributed by atoms with Crippen molar-refractivity contribution in [3.8, 4) is 5.75 Å². The van der Waals surface area contributed by atoms with Crippen LogP contribution in [0, 0.1) is 0 Å². The van der Waals surface area contributed by atoms with Crippen LogP contribution in [-0.4, -0.2) is 29.4 Å². The maximum Gasteiger partial charge on any atom is 0.338 e. The van der Waals surface area contributed by atoms with E-state index in [-0.39, 0.29) is 5.75 Å². The van der Waals surface area contributed by atoms with Gasteiger partial charge in [-0.05, 0) is 35.4 Å². The third-order valence-electron chi connectivity index (χ3n) is 5.12. The number of phenols is 1. The molecule has 5 heteroatoms. The number of methoxy groups -OCH3 is 1. The molecule has 30 heavy (non-hydrogen) atoms. The van der Waals surface area contributed by atoms with E-state index in [1.807, 2.05) is 36.4 Å². The summed E-state index contributed by atoms with van der Waals surface area (Å²) in [6, 6.07) is 19.3. The highest BCUT2D eigenvalue weighted by Crippen LogP contribution is 2.38. The van der Waals surface area contributed by atoms with E-state index in [4.69, 9.17) is 9.47 Å². The molecule has 0 amide bonds. The Balaban J connectivity index is 1.99. The molecule has 0 saturated heterocycles. The average Bonchev–Trinajstić information content (AvgIpc) is 3.08. The molecule has 5 nitrogen and oxygen atoms in total. The zero-order chi connectivity index (χ0) is 21.1. The fraction of sp³-hybridized carbons (Fsp3) is 0.160. The SMILES string of the molecule is C=CCOCc1cc(O)c2c3c(C(=O)OC)cccc3n(Cc3ccccc3)c2c1. The number of benzene rings is 3. The molecule has 0 aliphatic heterocycles. The van der Waals surface area contributed by atoms with Gasteiger partial charge in [0, 0.05) is 11.9 Å². The van der Waals surface area contributed by atoms with Crippen molar-refractivity contribution in [2.24, 2.45) is 0 Å². The van der Waals surface area contributed by atoms with Gasteiger partial charge in [0.25, 0.3) is 0 Å². The molecule has 0 radical (unpaired) electrons. The molecule has 0 unspecified atom stereocenters. The molecule has 0 atom stereocenters. The van der Waals surface area contributed by atoms with Gasteiger partial charge in [0.1, 0.15) is 5.75 Å². The molecule has 4 aromatic rings. The number of rotatable bonds is 7. The molecule has 0 bridgehead atoms. The van der Waals surface area contributed by atoms with Gasteiger partial charge in [-0.15, -0.1) is 6.58 Å². The number of ether oxygens (including phenoxy) is 2. The molecule has 0 spiro atoms. The number of aromatic nitrogens is 1. The van der Waals surface area contributed by atoms with Gasteiger partial charge < -0.3 is 19.1 Å². The standard InChI is InChI=1S/C25H23NO4/c1-3-12-30-16-18-13-21-24(22(27)14-18)23-19(25(28)29-2)10-7-11-20(23)26(21)15-17-8-5-4-6-9-17/h3-11,13-14,27H,1,12,15-16H2,2H3. The van der Waals surface area contributed by atoms with E-state index in [0.717, 1.165) is 22.2 Å². The van der Waals surface area contributed by atoms with Crippen molar-refractivity contribution in [3.63, 3.8) is 0 Å². The third kappa shape index (κ3) is 3.55. The van der Waals surface area contributed by atoms with Crippen LogP contribution in [0.5, 0.6) is 5.75 Å². The number of fused-ring (bicyclic) bond motifs is 3. The first kappa shape index (κ1) is 19.7. The van der Waals surface area contributed by atoms with E-state index in [0.29, 0.717) is 36.1 Å². The van der Waals surface area contributed by atoms with E-state index in [2.05, 4.69) is 23.3 Å². The lowest BCUT2D eigenvalue weighted by atomic mass is 10.0. The summed E-state index contributed by atoms with van der Waals surface area (Å²) in [6.07, 6.45) is 1.69. The number of carbonyl (C=O) groups is 1. The lowest BCUT2D eigenvalue weighted by Crippen LogP contribution is -2.02. The van der Waals surface area contributed by atoms with Crippen LogP contribution in [0.2, 0.25) is 0 Å². The fourth-order valence-corrected chi connectivity index (χ4v) is 3.85. The van der Waals surface area contributed by atoms with Crippen molar-refractivity contribution < 1.29 is 19.4 Å². The minimum absolute atomic E-state index is 0.109. The first-order chi connectivity index (χ1) is 14.6. The summed E-state index contributed by atoms with van der Waals surface area (Å²) < 4.78 is 12.7. The van der Waals surface area contributed by atoms with Gasteiger partial charge in [-0.2, -0.15) is 0 Å². The fourth-order valence-electron chi connectivity index (χ4n) is 3.85. The highest BCUT2D eigenvalue weighted by Gasteiger charge is 2.21. The van der Waals surface area contributed by atoms with Crippen molar-refractivity contribution in [2.45, 2.75) is 13.2 Å². The van der Waals surface area contributed by atoms with E-state index < -0.39 is 5.97 Å². The quantitative estimate of drug-likeness (QED) is 0.268. The first-order valence-electron chi connectivity index (χ1n) is 9.71. The molecule has 1 N–H and O–H groups in total. The summed E-state index contributed by atoms with van der Waals surface area (Å²) in [5.74, 6) is -0.324. The molecule has 3 aromatic carbocycles. The first-order valence-corrected chi connectivity index (χ1v) is 9.71. The largest absolute Gasteiger partial charge is 0.507 e. The highest BCUT2D eigenvalue weighted by atomic mass is 16.5. The predicted molar refractivity (Wildman–Crippen MR) is 118 cm³/mol. The van der Waals surface area contributed by atoms with Crippen LogP contribution in [0.25, 0.3) is 21.8 Å². The number of esters is 1. The van der Waals surface area contributed by atoms with E-state index in [9.17, 15) is 9.90 Å². The van der Waals surface area contributed by atoms with Gasteiger partial charge in [0.05, 0.1) is 42.3 Å². The van der Waals surface area contributed by atoms with Gasteiger partial charge in [-0.1, -0.05) is 42.5 Å². The zero-order valence-electron chi connectivity index (χ0n) is 16.8. The minimum Gasteiger partial charge on any atom is -0.507 e. The van der Waals surface area contributed by atoms with Crippen LogP contribution >= 0.6 is 0 Å². The monoisotopic (exact) mass is 401 g/mol. The highest BCUT2D eigenvalue weighted by molar-refractivity contribution is 6.19. The van der Waals surface area contributed by atoms with Crippen molar-refractivity contribution in [1.29, 1.82) is 0 Å². The maximum absolute atomic E-state index is 12.4. The number of phenolic OH excluding ortho intramolecular Hbond substituents is 1. The summed E-state index contributed by atoms with van der Waals surface area (Å²) in [4.78, 5) is 12.4. The lowest BCUT2D eigenvalue weighted by molar-refractivity contribution is 0.0603. The molecule has 0 aliphatic rings. The number of hydrogen-bond acceptors (Lipinski definition) is 4. The van der Waals surface area contributed by atoms with Crippen molar-refractivity contribution >= 4 is 27.8 Å². The Kier molecular flexibility index (Phi) is 5.55. The second kappa shape index (κ2) is 8.43. The molecule has 152 valence electrons. The van der Waals surface area contributed by atoms with Crippen LogP contribution in [0.3, 0.4) is 0 Å².